The van der Waals surface area contributed by atoms with E-state index in [1.807, 2.05) is 0 Å². The molecule has 1 amide bonds. The fourth-order valence-electron chi connectivity index (χ4n) is 3.13. The highest BCUT2D eigenvalue weighted by molar-refractivity contribution is 5.94. The Bertz CT molecular complexity index is 533. The largest absolute Gasteiger partial charge is 0.481 e. The normalized spacial score (nSPS) is 29.0. The summed E-state index contributed by atoms with van der Waals surface area (Å²) in [6.45, 7) is 1.53. The molecule has 6 nitrogen and oxygen atoms in total. The van der Waals surface area contributed by atoms with E-state index < -0.39 is 11.4 Å². The first-order valence-electron chi connectivity index (χ1n) is 6.64. The number of ether oxygens (including phenoxy) is 1. The zero-order valence-electron chi connectivity index (χ0n) is 11.0. The number of aliphatic carboxylic acids is 1. The third kappa shape index (κ3) is 1.96. The first-order chi connectivity index (χ1) is 9.63. The van der Waals surface area contributed by atoms with Gasteiger partial charge in [0.2, 0.25) is 0 Å². The van der Waals surface area contributed by atoms with E-state index in [0.717, 1.165) is 0 Å². The van der Waals surface area contributed by atoms with Crippen LogP contribution >= 0.6 is 0 Å². The van der Waals surface area contributed by atoms with Crippen LogP contribution < -0.4 is 0 Å². The van der Waals surface area contributed by atoms with Crippen LogP contribution in [0.5, 0.6) is 0 Å². The number of nitrogens with zero attached hydrogens (tertiary/aromatic N) is 2. The van der Waals surface area contributed by atoms with E-state index in [4.69, 9.17) is 4.74 Å². The van der Waals surface area contributed by atoms with Crippen molar-refractivity contribution in [2.75, 3.05) is 26.3 Å². The van der Waals surface area contributed by atoms with E-state index in [1.54, 1.807) is 23.2 Å². The maximum absolute atomic E-state index is 12.4. The lowest BCUT2D eigenvalue weighted by atomic mass is 9.74. The number of rotatable bonds is 2. The predicted molar refractivity (Wildman–Crippen MR) is 69.1 cm³/mol. The summed E-state index contributed by atoms with van der Waals surface area (Å²) in [5, 5.41) is 9.56. The van der Waals surface area contributed by atoms with E-state index in [1.165, 1.54) is 6.20 Å². The summed E-state index contributed by atoms with van der Waals surface area (Å²) in [6.07, 6.45) is 3.57. The van der Waals surface area contributed by atoms with Crippen LogP contribution in [0.2, 0.25) is 0 Å². The number of hydrogen-bond donors (Lipinski definition) is 1. The van der Waals surface area contributed by atoms with Crippen LogP contribution in [0.4, 0.5) is 0 Å². The molecule has 2 aliphatic rings. The monoisotopic (exact) mass is 276 g/mol. The number of carbonyl (C=O) groups excluding carboxylic acids is 1. The first kappa shape index (κ1) is 13.1. The molecule has 0 aromatic carbocycles. The Kier molecular flexibility index (Phi) is 3.17. The van der Waals surface area contributed by atoms with Crippen LogP contribution in [0.15, 0.2) is 24.5 Å². The minimum absolute atomic E-state index is 0.130. The van der Waals surface area contributed by atoms with Gasteiger partial charge in [0.15, 0.2) is 0 Å². The summed E-state index contributed by atoms with van der Waals surface area (Å²) in [5.74, 6) is -1.12. The molecule has 1 aromatic heterocycles. The van der Waals surface area contributed by atoms with Crippen molar-refractivity contribution in [2.24, 2.45) is 11.3 Å². The lowest BCUT2D eigenvalue weighted by Crippen LogP contribution is -2.45. The molecule has 0 unspecified atom stereocenters. The van der Waals surface area contributed by atoms with E-state index in [2.05, 4.69) is 4.98 Å². The van der Waals surface area contributed by atoms with Gasteiger partial charge in [0.05, 0.1) is 17.6 Å². The summed E-state index contributed by atoms with van der Waals surface area (Å²) < 4.78 is 5.38. The molecule has 2 aliphatic heterocycles. The molecule has 0 saturated carbocycles. The number of carbonyl (C=O) groups is 2. The van der Waals surface area contributed by atoms with Crippen LogP contribution in [0.1, 0.15) is 16.8 Å². The van der Waals surface area contributed by atoms with E-state index in [-0.39, 0.29) is 18.4 Å². The number of carboxylic acid groups (broad SMARTS) is 1. The average Bonchev–Trinajstić information content (AvgIpc) is 2.88. The third-order valence-corrected chi connectivity index (χ3v) is 4.33. The fraction of sp³-hybridized carbons (Fsp3) is 0.500. The van der Waals surface area contributed by atoms with Gasteiger partial charge < -0.3 is 14.7 Å². The standard InChI is InChI=1S/C14H16N2O4/c17-12(10-2-1-4-15-6-10)16-7-11-8-20-5-3-14(11,9-16)13(18)19/h1-2,4,6,11H,3,5,7-9H2,(H,18,19)/t11-,14+/m0/s1. The molecule has 0 aliphatic carbocycles. The number of aromatic nitrogens is 1. The van der Waals surface area contributed by atoms with E-state index in [0.29, 0.717) is 31.7 Å². The number of likely N-dealkylation sites (tertiary alicyclic amines) is 1. The molecule has 1 N–H and O–H groups in total. The van der Waals surface area contributed by atoms with Crippen molar-refractivity contribution in [3.63, 3.8) is 0 Å². The van der Waals surface area contributed by atoms with Crippen LogP contribution in [0.25, 0.3) is 0 Å². The van der Waals surface area contributed by atoms with Crippen molar-refractivity contribution in [2.45, 2.75) is 6.42 Å². The van der Waals surface area contributed by atoms with E-state index in [9.17, 15) is 14.7 Å². The number of pyridine rings is 1. The Balaban J connectivity index is 1.84. The first-order valence-corrected chi connectivity index (χ1v) is 6.64. The highest BCUT2D eigenvalue weighted by atomic mass is 16.5. The van der Waals surface area contributed by atoms with Crippen LogP contribution in [-0.4, -0.2) is 53.2 Å². The van der Waals surface area contributed by atoms with Crippen LogP contribution in [0.3, 0.4) is 0 Å². The second kappa shape index (κ2) is 4.86. The van der Waals surface area contributed by atoms with Gasteiger partial charge in [-0.05, 0) is 18.6 Å². The fourth-order valence-corrected chi connectivity index (χ4v) is 3.13. The summed E-state index contributed by atoms with van der Waals surface area (Å²) in [6, 6.07) is 3.40. The smallest absolute Gasteiger partial charge is 0.311 e. The number of hydrogen-bond acceptors (Lipinski definition) is 4. The third-order valence-electron chi connectivity index (χ3n) is 4.33. The minimum atomic E-state index is -0.851. The number of fused-ring (bicyclic) bond motifs is 1. The zero-order valence-corrected chi connectivity index (χ0v) is 11.0. The molecule has 2 atom stereocenters. The lowest BCUT2D eigenvalue weighted by molar-refractivity contribution is -0.157. The summed E-state index contributed by atoms with van der Waals surface area (Å²) in [5.41, 5.74) is -0.358. The molecular formula is C14H16N2O4. The van der Waals surface area contributed by atoms with Gasteiger partial charge in [0, 0.05) is 38.0 Å². The molecule has 1 aromatic rings. The van der Waals surface area contributed by atoms with Gasteiger partial charge >= 0.3 is 5.97 Å². The molecule has 2 saturated heterocycles. The average molecular weight is 276 g/mol. The Hall–Kier alpha value is -1.95. The van der Waals surface area contributed by atoms with E-state index >= 15 is 0 Å². The SMILES string of the molecule is O=C(c1cccnc1)N1C[C@H]2COCC[C@@]2(C(=O)O)C1. The molecule has 2 fully saturated rings. The van der Waals surface area contributed by atoms with Gasteiger partial charge in [-0.1, -0.05) is 0 Å². The zero-order chi connectivity index (χ0) is 14.2. The highest BCUT2D eigenvalue weighted by Gasteiger charge is 2.54. The summed E-state index contributed by atoms with van der Waals surface area (Å²) in [7, 11) is 0. The van der Waals surface area contributed by atoms with Crippen molar-refractivity contribution in [1.82, 2.24) is 9.88 Å². The molecule has 3 heterocycles. The van der Waals surface area contributed by atoms with Crippen molar-refractivity contribution < 1.29 is 19.4 Å². The Morgan fingerprint density at radius 3 is 3.00 bits per heavy atom. The lowest BCUT2D eigenvalue weighted by Gasteiger charge is -2.33. The van der Waals surface area contributed by atoms with Gasteiger partial charge in [-0.2, -0.15) is 0 Å². The molecule has 0 spiro atoms. The quantitative estimate of drug-likeness (QED) is 0.857. The van der Waals surface area contributed by atoms with Gasteiger partial charge in [-0.3, -0.25) is 14.6 Å². The molecule has 6 heteroatoms. The van der Waals surface area contributed by atoms with Gasteiger partial charge in [-0.15, -0.1) is 0 Å². The Morgan fingerprint density at radius 1 is 1.50 bits per heavy atom. The van der Waals surface area contributed by atoms with Gasteiger partial charge in [0.25, 0.3) is 5.91 Å². The number of amides is 1. The van der Waals surface area contributed by atoms with Crippen molar-refractivity contribution in [1.29, 1.82) is 0 Å². The van der Waals surface area contributed by atoms with Crippen LogP contribution in [0, 0.1) is 11.3 Å². The molecule has 0 bridgehead atoms. The minimum Gasteiger partial charge on any atom is -0.481 e. The molecule has 3 rings (SSSR count). The highest BCUT2D eigenvalue weighted by Crippen LogP contribution is 2.42. The topological polar surface area (TPSA) is 79.7 Å². The molecule has 106 valence electrons. The maximum Gasteiger partial charge on any atom is 0.311 e. The van der Waals surface area contributed by atoms with Gasteiger partial charge in [0.1, 0.15) is 0 Å². The summed E-state index contributed by atoms with van der Waals surface area (Å²) >= 11 is 0. The second-order valence-electron chi connectivity index (χ2n) is 5.41. The predicted octanol–water partition coefficient (Wildman–Crippen LogP) is 0.645. The molecule has 20 heavy (non-hydrogen) atoms. The Morgan fingerprint density at radius 2 is 2.35 bits per heavy atom. The molecule has 0 radical (unpaired) electrons. The van der Waals surface area contributed by atoms with Gasteiger partial charge in [-0.25, -0.2) is 0 Å². The van der Waals surface area contributed by atoms with Crippen molar-refractivity contribution >= 4 is 11.9 Å². The van der Waals surface area contributed by atoms with Crippen molar-refractivity contribution in [3.8, 4) is 0 Å². The Labute approximate surface area is 116 Å². The van der Waals surface area contributed by atoms with Crippen LogP contribution in [-0.2, 0) is 9.53 Å². The maximum atomic E-state index is 12.4. The molecular weight excluding hydrogens is 260 g/mol. The van der Waals surface area contributed by atoms with Crippen molar-refractivity contribution in [3.05, 3.63) is 30.1 Å². The second-order valence-corrected chi connectivity index (χ2v) is 5.41. The number of carboxylic acids is 1. The summed E-state index contributed by atoms with van der Waals surface area (Å²) in [4.78, 5) is 29.6.